The average Bonchev–Trinajstić information content (AvgIpc) is 2.96. The van der Waals surface area contributed by atoms with Crippen LogP contribution < -0.4 is 0 Å². The Morgan fingerprint density at radius 1 is 1.00 bits per heavy atom. The highest BCUT2D eigenvalue weighted by Gasteiger charge is 2.08. The van der Waals surface area contributed by atoms with Crippen LogP contribution in [0.15, 0.2) is 65.6 Å². The number of sulfone groups is 1. The third-order valence-corrected chi connectivity index (χ3v) is 4.58. The molecule has 0 fully saturated rings. The maximum Gasteiger partial charge on any atom is 0.175 e. The van der Waals surface area contributed by atoms with Gasteiger partial charge in [-0.25, -0.2) is 8.42 Å². The molecule has 0 radical (unpaired) electrons. The van der Waals surface area contributed by atoms with Gasteiger partial charge in [-0.1, -0.05) is 42.5 Å². The van der Waals surface area contributed by atoms with Crippen molar-refractivity contribution in [3.05, 3.63) is 71.9 Å². The van der Waals surface area contributed by atoms with Crippen LogP contribution in [0.4, 0.5) is 0 Å². The van der Waals surface area contributed by atoms with Gasteiger partial charge in [-0.05, 0) is 29.3 Å². The molecule has 0 saturated carbocycles. The quantitative estimate of drug-likeness (QED) is 0.805. The second-order valence-corrected chi connectivity index (χ2v) is 7.25. The van der Waals surface area contributed by atoms with E-state index in [0.717, 1.165) is 22.5 Å². The Balaban J connectivity index is 1.78. The molecule has 1 heterocycles. The second-order valence-electron chi connectivity index (χ2n) is 5.23. The SMILES string of the molecule is CS(=O)(=O)c1ccc(Cc2cc(-c3ccccc3)[nH]n2)cc1. The van der Waals surface area contributed by atoms with Gasteiger partial charge in [0.15, 0.2) is 9.84 Å². The summed E-state index contributed by atoms with van der Waals surface area (Å²) in [4.78, 5) is 0.336. The van der Waals surface area contributed by atoms with Crippen LogP contribution in [0.3, 0.4) is 0 Å². The molecule has 0 spiro atoms. The Morgan fingerprint density at radius 2 is 1.68 bits per heavy atom. The molecule has 112 valence electrons. The molecule has 3 rings (SSSR count). The highest BCUT2D eigenvalue weighted by atomic mass is 32.2. The van der Waals surface area contributed by atoms with Crippen LogP contribution in [0, 0.1) is 0 Å². The van der Waals surface area contributed by atoms with Crippen LogP contribution in [0.25, 0.3) is 11.3 Å². The topological polar surface area (TPSA) is 62.8 Å². The van der Waals surface area contributed by atoms with Crippen LogP contribution in [0.2, 0.25) is 0 Å². The summed E-state index contributed by atoms with van der Waals surface area (Å²) in [6, 6.07) is 18.9. The average molecular weight is 312 g/mol. The van der Waals surface area contributed by atoms with E-state index in [2.05, 4.69) is 10.2 Å². The Kier molecular flexibility index (Phi) is 3.81. The second kappa shape index (κ2) is 5.77. The Morgan fingerprint density at radius 3 is 2.32 bits per heavy atom. The van der Waals surface area contributed by atoms with Gasteiger partial charge in [0.1, 0.15) is 0 Å². The van der Waals surface area contributed by atoms with Gasteiger partial charge in [-0.3, -0.25) is 5.10 Å². The molecule has 0 saturated heterocycles. The van der Waals surface area contributed by atoms with E-state index in [1.807, 2.05) is 48.5 Å². The van der Waals surface area contributed by atoms with Crippen LogP contribution in [-0.2, 0) is 16.3 Å². The summed E-state index contributed by atoms with van der Waals surface area (Å²) in [7, 11) is -3.15. The van der Waals surface area contributed by atoms with Crippen LogP contribution >= 0.6 is 0 Å². The molecule has 22 heavy (non-hydrogen) atoms. The molecule has 0 atom stereocenters. The highest BCUT2D eigenvalue weighted by molar-refractivity contribution is 7.90. The maximum atomic E-state index is 11.4. The van der Waals surface area contributed by atoms with Gasteiger partial charge in [-0.2, -0.15) is 5.10 Å². The number of hydrogen-bond donors (Lipinski definition) is 1. The number of hydrogen-bond acceptors (Lipinski definition) is 3. The minimum atomic E-state index is -3.15. The zero-order chi connectivity index (χ0) is 15.6. The van der Waals surface area contributed by atoms with Crippen molar-refractivity contribution in [1.82, 2.24) is 10.2 Å². The summed E-state index contributed by atoms with van der Waals surface area (Å²) in [5, 5.41) is 7.35. The summed E-state index contributed by atoms with van der Waals surface area (Å²) in [6.45, 7) is 0. The van der Waals surface area contributed by atoms with Crippen molar-refractivity contribution in [3.8, 4) is 11.3 Å². The summed E-state index contributed by atoms with van der Waals surface area (Å²) in [5.74, 6) is 0. The number of aromatic nitrogens is 2. The third-order valence-electron chi connectivity index (χ3n) is 3.45. The van der Waals surface area contributed by atoms with Crippen molar-refractivity contribution >= 4 is 9.84 Å². The third kappa shape index (κ3) is 3.26. The van der Waals surface area contributed by atoms with E-state index in [0.29, 0.717) is 11.3 Å². The van der Waals surface area contributed by atoms with E-state index < -0.39 is 9.84 Å². The lowest BCUT2D eigenvalue weighted by molar-refractivity contribution is 0.602. The number of rotatable bonds is 4. The first-order chi connectivity index (χ1) is 10.5. The van der Waals surface area contributed by atoms with Crippen molar-refractivity contribution < 1.29 is 8.42 Å². The number of aromatic amines is 1. The van der Waals surface area contributed by atoms with Gasteiger partial charge >= 0.3 is 0 Å². The molecule has 2 aromatic carbocycles. The van der Waals surface area contributed by atoms with E-state index in [9.17, 15) is 8.42 Å². The molecule has 1 aromatic heterocycles. The van der Waals surface area contributed by atoms with Gasteiger partial charge in [-0.15, -0.1) is 0 Å². The molecule has 1 N–H and O–H groups in total. The zero-order valence-electron chi connectivity index (χ0n) is 12.2. The molecule has 0 aliphatic heterocycles. The summed E-state index contributed by atoms with van der Waals surface area (Å²) < 4.78 is 22.9. The molecule has 0 unspecified atom stereocenters. The molecular weight excluding hydrogens is 296 g/mol. The van der Waals surface area contributed by atoms with Crippen LogP contribution in [-0.4, -0.2) is 24.9 Å². The van der Waals surface area contributed by atoms with Crippen molar-refractivity contribution in [3.63, 3.8) is 0 Å². The molecule has 0 amide bonds. The van der Waals surface area contributed by atoms with Crippen molar-refractivity contribution in [2.75, 3.05) is 6.26 Å². The predicted molar refractivity (Wildman–Crippen MR) is 86.4 cm³/mol. The molecule has 5 heteroatoms. The molecule has 0 aliphatic rings. The minimum absolute atomic E-state index is 0.336. The van der Waals surface area contributed by atoms with E-state index in [-0.39, 0.29) is 0 Å². The summed E-state index contributed by atoms with van der Waals surface area (Å²) in [5.41, 5.74) is 4.02. The Labute approximate surface area is 129 Å². The fourth-order valence-electron chi connectivity index (χ4n) is 2.28. The minimum Gasteiger partial charge on any atom is -0.278 e. The van der Waals surface area contributed by atoms with Gasteiger partial charge in [0.05, 0.1) is 16.3 Å². The molecule has 0 aliphatic carbocycles. The molecule has 4 nitrogen and oxygen atoms in total. The van der Waals surface area contributed by atoms with Gasteiger partial charge in [0.2, 0.25) is 0 Å². The predicted octanol–water partition coefficient (Wildman–Crippen LogP) is 3.07. The van der Waals surface area contributed by atoms with Gasteiger partial charge < -0.3 is 0 Å². The Bertz CT molecular complexity index is 867. The molecule has 3 aromatic rings. The normalized spacial score (nSPS) is 11.5. The standard InChI is InChI=1S/C17H16N2O2S/c1-22(20,21)16-9-7-13(8-10-16)11-15-12-17(19-18-15)14-5-3-2-4-6-14/h2-10,12H,11H2,1H3,(H,18,19). The monoisotopic (exact) mass is 312 g/mol. The number of nitrogens with zero attached hydrogens (tertiary/aromatic N) is 1. The number of benzene rings is 2. The number of nitrogens with one attached hydrogen (secondary N) is 1. The van der Waals surface area contributed by atoms with E-state index in [4.69, 9.17) is 0 Å². The molecular formula is C17H16N2O2S. The lowest BCUT2D eigenvalue weighted by Crippen LogP contribution is -1.97. The first kappa shape index (κ1) is 14.5. The van der Waals surface area contributed by atoms with Crippen LogP contribution in [0.1, 0.15) is 11.3 Å². The van der Waals surface area contributed by atoms with E-state index in [1.165, 1.54) is 6.26 Å². The summed E-state index contributed by atoms with van der Waals surface area (Å²) >= 11 is 0. The smallest absolute Gasteiger partial charge is 0.175 e. The van der Waals surface area contributed by atoms with E-state index in [1.54, 1.807) is 12.1 Å². The van der Waals surface area contributed by atoms with E-state index >= 15 is 0 Å². The van der Waals surface area contributed by atoms with Crippen molar-refractivity contribution in [1.29, 1.82) is 0 Å². The largest absolute Gasteiger partial charge is 0.278 e. The summed E-state index contributed by atoms with van der Waals surface area (Å²) in [6.07, 6.45) is 1.87. The fraction of sp³-hybridized carbons (Fsp3) is 0.118. The highest BCUT2D eigenvalue weighted by Crippen LogP contribution is 2.19. The maximum absolute atomic E-state index is 11.4. The van der Waals surface area contributed by atoms with Gasteiger partial charge in [0.25, 0.3) is 0 Å². The first-order valence-electron chi connectivity index (χ1n) is 6.91. The Hall–Kier alpha value is -2.40. The van der Waals surface area contributed by atoms with Crippen LogP contribution in [0.5, 0.6) is 0 Å². The van der Waals surface area contributed by atoms with Crippen molar-refractivity contribution in [2.24, 2.45) is 0 Å². The first-order valence-corrected chi connectivity index (χ1v) is 8.80. The fourth-order valence-corrected chi connectivity index (χ4v) is 2.91. The lowest BCUT2D eigenvalue weighted by Gasteiger charge is -2.01. The zero-order valence-corrected chi connectivity index (χ0v) is 13.0. The lowest BCUT2D eigenvalue weighted by atomic mass is 10.1. The molecule has 0 bridgehead atoms. The van der Waals surface area contributed by atoms with Crippen molar-refractivity contribution in [2.45, 2.75) is 11.3 Å². The number of H-pyrrole nitrogens is 1. The van der Waals surface area contributed by atoms with Gasteiger partial charge in [0, 0.05) is 12.7 Å².